The van der Waals surface area contributed by atoms with Crippen molar-refractivity contribution in [1.29, 1.82) is 0 Å². The van der Waals surface area contributed by atoms with E-state index >= 15 is 0 Å². The fourth-order valence-corrected chi connectivity index (χ4v) is 1.96. The lowest BCUT2D eigenvalue weighted by Gasteiger charge is -1.88. The molecule has 1 N–H and O–H groups in total. The predicted octanol–water partition coefficient (Wildman–Crippen LogP) is 2.49. The summed E-state index contributed by atoms with van der Waals surface area (Å²) in [6, 6.07) is 7.91. The molecular formula is C12H10N4O. The third-order valence-corrected chi connectivity index (χ3v) is 3.06. The number of nitrogens with one attached hydrogen (secondary N) is 1. The second kappa shape index (κ2) is 3.16. The molecule has 0 amide bonds. The molecule has 1 aliphatic rings. The van der Waals surface area contributed by atoms with Crippen LogP contribution in [-0.2, 0) is 0 Å². The van der Waals surface area contributed by atoms with Crippen molar-refractivity contribution in [2.24, 2.45) is 0 Å². The highest BCUT2D eigenvalue weighted by Crippen LogP contribution is 2.39. The average Bonchev–Trinajstić information content (AvgIpc) is 2.95. The highest BCUT2D eigenvalue weighted by Gasteiger charge is 2.29. The maximum absolute atomic E-state index is 5.27. The van der Waals surface area contributed by atoms with Gasteiger partial charge in [0.15, 0.2) is 11.5 Å². The van der Waals surface area contributed by atoms with E-state index in [9.17, 15) is 0 Å². The van der Waals surface area contributed by atoms with Crippen LogP contribution in [0.3, 0.4) is 0 Å². The van der Waals surface area contributed by atoms with Crippen LogP contribution in [0.25, 0.3) is 22.5 Å². The number of fused-ring (bicyclic) bond motifs is 1. The topological polar surface area (TPSA) is 67.6 Å². The van der Waals surface area contributed by atoms with Gasteiger partial charge in [-0.05, 0) is 18.9 Å². The Morgan fingerprint density at radius 3 is 3.00 bits per heavy atom. The molecule has 2 heterocycles. The van der Waals surface area contributed by atoms with E-state index < -0.39 is 0 Å². The Balaban J connectivity index is 1.86. The Bertz CT molecular complexity index is 680. The van der Waals surface area contributed by atoms with Gasteiger partial charge < -0.3 is 4.52 Å². The monoisotopic (exact) mass is 226 g/mol. The van der Waals surface area contributed by atoms with Gasteiger partial charge >= 0.3 is 0 Å². The van der Waals surface area contributed by atoms with E-state index in [1.165, 1.54) is 12.8 Å². The highest BCUT2D eigenvalue weighted by molar-refractivity contribution is 5.90. The fourth-order valence-electron chi connectivity index (χ4n) is 1.96. The Kier molecular flexibility index (Phi) is 1.66. The van der Waals surface area contributed by atoms with Gasteiger partial charge in [-0.15, -0.1) is 0 Å². The highest BCUT2D eigenvalue weighted by atomic mass is 16.5. The standard InChI is InChI=1S/C12H10N4O/c1-2-4-9-8(3-1)10(15-14-9)12-13-11(16-17-12)7-5-6-7/h1-4,7H,5-6H2,(H,14,15). The smallest absolute Gasteiger partial charge is 0.279 e. The summed E-state index contributed by atoms with van der Waals surface area (Å²) >= 11 is 0. The summed E-state index contributed by atoms with van der Waals surface area (Å²) in [6.45, 7) is 0. The number of rotatable bonds is 2. The molecule has 0 spiro atoms. The average molecular weight is 226 g/mol. The largest absolute Gasteiger partial charge is 0.332 e. The van der Waals surface area contributed by atoms with E-state index in [2.05, 4.69) is 20.3 Å². The van der Waals surface area contributed by atoms with E-state index in [1.54, 1.807) is 0 Å². The molecule has 1 aromatic carbocycles. The minimum atomic E-state index is 0.498. The van der Waals surface area contributed by atoms with Crippen LogP contribution in [-0.4, -0.2) is 20.3 Å². The number of para-hydroxylation sites is 1. The van der Waals surface area contributed by atoms with Crippen molar-refractivity contribution >= 4 is 10.9 Å². The fraction of sp³-hybridized carbons (Fsp3) is 0.250. The van der Waals surface area contributed by atoms with E-state index in [0.29, 0.717) is 11.8 Å². The van der Waals surface area contributed by atoms with Crippen LogP contribution in [0, 0.1) is 0 Å². The van der Waals surface area contributed by atoms with Crippen molar-refractivity contribution in [3.8, 4) is 11.6 Å². The molecule has 5 nitrogen and oxygen atoms in total. The van der Waals surface area contributed by atoms with E-state index in [-0.39, 0.29) is 0 Å². The SMILES string of the molecule is c1ccc2c(-c3nc(C4CC4)no3)n[nH]c2c1. The second-order valence-electron chi connectivity index (χ2n) is 4.35. The number of aromatic amines is 1. The van der Waals surface area contributed by atoms with Crippen molar-refractivity contribution in [2.45, 2.75) is 18.8 Å². The molecule has 0 saturated heterocycles. The number of nitrogens with zero attached hydrogens (tertiary/aromatic N) is 3. The summed E-state index contributed by atoms with van der Waals surface area (Å²) in [6.07, 6.45) is 2.33. The van der Waals surface area contributed by atoms with Gasteiger partial charge in [0.25, 0.3) is 5.89 Å². The number of benzene rings is 1. The minimum Gasteiger partial charge on any atom is -0.332 e. The molecular weight excluding hydrogens is 216 g/mol. The quantitative estimate of drug-likeness (QED) is 0.728. The predicted molar refractivity (Wildman–Crippen MR) is 61.4 cm³/mol. The van der Waals surface area contributed by atoms with Gasteiger partial charge in [0, 0.05) is 11.3 Å². The summed E-state index contributed by atoms with van der Waals surface area (Å²) in [4.78, 5) is 4.40. The molecule has 0 aliphatic heterocycles. The van der Waals surface area contributed by atoms with Crippen LogP contribution < -0.4 is 0 Å². The first-order valence-corrected chi connectivity index (χ1v) is 5.69. The first kappa shape index (κ1) is 8.92. The number of hydrogen-bond acceptors (Lipinski definition) is 4. The Morgan fingerprint density at radius 1 is 1.24 bits per heavy atom. The molecule has 0 radical (unpaired) electrons. The number of H-pyrrole nitrogens is 1. The maximum Gasteiger partial charge on any atom is 0.279 e. The van der Waals surface area contributed by atoms with Crippen molar-refractivity contribution in [3.63, 3.8) is 0 Å². The maximum atomic E-state index is 5.27. The van der Waals surface area contributed by atoms with Crippen LogP contribution in [0.5, 0.6) is 0 Å². The zero-order valence-electron chi connectivity index (χ0n) is 9.05. The molecule has 0 bridgehead atoms. The first-order chi connectivity index (χ1) is 8.42. The summed E-state index contributed by atoms with van der Waals surface area (Å²) in [5.41, 5.74) is 1.72. The molecule has 4 rings (SSSR count). The lowest BCUT2D eigenvalue weighted by atomic mass is 10.2. The third kappa shape index (κ3) is 1.35. The molecule has 17 heavy (non-hydrogen) atoms. The van der Waals surface area contributed by atoms with Gasteiger partial charge in [-0.1, -0.05) is 23.4 Å². The molecule has 0 unspecified atom stereocenters. The van der Waals surface area contributed by atoms with Crippen LogP contribution >= 0.6 is 0 Å². The molecule has 1 saturated carbocycles. The molecule has 2 aromatic heterocycles. The van der Waals surface area contributed by atoms with Crippen LogP contribution in [0.4, 0.5) is 0 Å². The summed E-state index contributed by atoms with van der Waals surface area (Å²) in [5, 5.41) is 12.2. The van der Waals surface area contributed by atoms with E-state index in [4.69, 9.17) is 4.52 Å². The number of aromatic nitrogens is 4. The van der Waals surface area contributed by atoms with Gasteiger partial charge in [0.2, 0.25) is 0 Å². The Labute approximate surface area is 96.8 Å². The van der Waals surface area contributed by atoms with Gasteiger partial charge in [0.05, 0.1) is 5.52 Å². The van der Waals surface area contributed by atoms with Crippen molar-refractivity contribution < 1.29 is 4.52 Å². The zero-order chi connectivity index (χ0) is 11.2. The third-order valence-electron chi connectivity index (χ3n) is 3.06. The van der Waals surface area contributed by atoms with E-state index in [0.717, 1.165) is 22.4 Å². The normalized spacial score (nSPS) is 15.5. The lowest BCUT2D eigenvalue weighted by molar-refractivity contribution is 0.422. The molecule has 3 aromatic rings. The summed E-state index contributed by atoms with van der Waals surface area (Å²) in [7, 11) is 0. The van der Waals surface area contributed by atoms with Crippen LogP contribution in [0.1, 0.15) is 24.6 Å². The number of hydrogen-bond donors (Lipinski definition) is 1. The minimum absolute atomic E-state index is 0.498. The Hall–Kier alpha value is -2.17. The van der Waals surface area contributed by atoms with Crippen LogP contribution in [0.2, 0.25) is 0 Å². The summed E-state index contributed by atoms with van der Waals surface area (Å²) < 4.78 is 5.27. The molecule has 0 atom stereocenters. The lowest BCUT2D eigenvalue weighted by Crippen LogP contribution is -1.82. The first-order valence-electron chi connectivity index (χ1n) is 5.69. The van der Waals surface area contributed by atoms with Gasteiger partial charge in [0.1, 0.15) is 0 Å². The zero-order valence-corrected chi connectivity index (χ0v) is 9.05. The van der Waals surface area contributed by atoms with Crippen molar-refractivity contribution in [1.82, 2.24) is 20.3 Å². The van der Waals surface area contributed by atoms with Gasteiger partial charge in [-0.2, -0.15) is 10.1 Å². The second-order valence-corrected chi connectivity index (χ2v) is 4.35. The molecule has 5 heteroatoms. The van der Waals surface area contributed by atoms with Crippen LogP contribution in [0.15, 0.2) is 28.8 Å². The molecule has 1 fully saturated rings. The van der Waals surface area contributed by atoms with Gasteiger partial charge in [-0.3, -0.25) is 5.10 Å². The molecule has 84 valence electrons. The Morgan fingerprint density at radius 2 is 2.12 bits per heavy atom. The van der Waals surface area contributed by atoms with Crippen molar-refractivity contribution in [2.75, 3.05) is 0 Å². The molecule has 1 aliphatic carbocycles. The summed E-state index contributed by atoms with van der Waals surface area (Å²) in [5.74, 6) is 1.81. The van der Waals surface area contributed by atoms with Crippen molar-refractivity contribution in [3.05, 3.63) is 30.1 Å². The van der Waals surface area contributed by atoms with E-state index in [1.807, 2.05) is 24.3 Å². The van der Waals surface area contributed by atoms with Gasteiger partial charge in [-0.25, -0.2) is 0 Å².